The highest BCUT2D eigenvalue weighted by atomic mass is 16.5. The Morgan fingerprint density at radius 2 is 1.61 bits per heavy atom. The zero-order valence-electron chi connectivity index (χ0n) is 18.7. The maximum absolute atomic E-state index is 10.1. The van der Waals surface area contributed by atoms with Gasteiger partial charge in [-0.25, -0.2) is 0 Å². The first-order valence-corrected chi connectivity index (χ1v) is 10.5. The third-order valence-electron chi connectivity index (χ3n) is 5.27. The molecule has 0 aliphatic heterocycles. The van der Waals surface area contributed by atoms with E-state index in [1.807, 2.05) is 57.4 Å². The fourth-order valence-electron chi connectivity index (χ4n) is 3.64. The van der Waals surface area contributed by atoms with E-state index < -0.39 is 0 Å². The molecule has 1 atom stereocenters. The van der Waals surface area contributed by atoms with E-state index in [1.54, 1.807) is 13.2 Å². The van der Waals surface area contributed by atoms with Crippen LogP contribution in [0.5, 0.6) is 17.2 Å². The highest BCUT2D eigenvalue weighted by Gasteiger charge is 2.21. The van der Waals surface area contributed by atoms with Gasteiger partial charge in [0.25, 0.3) is 0 Å². The molecule has 31 heavy (non-hydrogen) atoms. The third kappa shape index (κ3) is 5.89. The summed E-state index contributed by atoms with van der Waals surface area (Å²) in [6.07, 6.45) is 2.14. The molecule has 162 valence electrons. The summed E-state index contributed by atoms with van der Waals surface area (Å²) in [5.41, 5.74) is 4.44. The Kier molecular flexibility index (Phi) is 7.74. The number of ether oxygens (including phenoxy) is 2. The first-order chi connectivity index (χ1) is 15.0. The number of likely N-dealkylation sites (N-methyl/N-ethyl adjacent to an activating group) is 1. The second-order valence-electron chi connectivity index (χ2n) is 7.72. The summed E-state index contributed by atoms with van der Waals surface area (Å²) in [6, 6.07) is 23.8. The molecule has 3 aromatic carbocycles. The van der Waals surface area contributed by atoms with Gasteiger partial charge in [0.1, 0.15) is 23.9 Å². The standard InChI is InChI=1S/C27H31NO3/c1-5-26(20-9-13-24(30-4)14-10-20)27(22-7-6-8-23(29)19-22)21-11-15-25(16-12-21)31-18-17-28(2)3/h5-16,19,27,29H,17-18H2,1-4H3/b26-5+. The lowest BCUT2D eigenvalue weighted by molar-refractivity contribution is 0.261. The quantitative estimate of drug-likeness (QED) is 0.494. The molecule has 4 nitrogen and oxygen atoms in total. The van der Waals surface area contributed by atoms with Gasteiger partial charge in [0.05, 0.1) is 7.11 Å². The summed E-state index contributed by atoms with van der Waals surface area (Å²) < 4.78 is 11.2. The first kappa shape index (κ1) is 22.4. The van der Waals surface area contributed by atoms with Gasteiger partial charge in [-0.05, 0) is 79.7 Å². The molecule has 0 aliphatic rings. The topological polar surface area (TPSA) is 41.9 Å². The number of phenolic OH excluding ortho intramolecular Hbond substituents is 1. The van der Waals surface area contributed by atoms with Crippen LogP contribution in [0.1, 0.15) is 29.5 Å². The Labute approximate surface area is 185 Å². The molecule has 4 heteroatoms. The summed E-state index contributed by atoms with van der Waals surface area (Å²) in [5, 5.41) is 10.1. The van der Waals surface area contributed by atoms with Gasteiger partial charge in [-0.3, -0.25) is 0 Å². The second-order valence-corrected chi connectivity index (χ2v) is 7.72. The molecular formula is C27H31NO3. The Morgan fingerprint density at radius 3 is 2.19 bits per heavy atom. The lowest BCUT2D eigenvalue weighted by Crippen LogP contribution is -2.19. The van der Waals surface area contributed by atoms with Crippen molar-refractivity contribution in [2.75, 3.05) is 34.4 Å². The van der Waals surface area contributed by atoms with Gasteiger partial charge in [-0.2, -0.15) is 0 Å². The van der Waals surface area contributed by atoms with E-state index in [9.17, 15) is 5.11 Å². The van der Waals surface area contributed by atoms with Crippen molar-refractivity contribution in [2.45, 2.75) is 12.8 Å². The van der Waals surface area contributed by atoms with E-state index in [4.69, 9.17) is 9.47 Å². The van der Waals surface area contributed by atoms with Gasteiger partial charge in [-0.15, -0.1) is 0 Å². The number of allylic oxidation sites excluding steroid dienone is 2. The molecule has 1 unspecified atom stereocenters. The largest absolute Gasteiger partial charge is 0.508 e. The number of rotatable bonds is 9. The number of aromatic hydroxyl groups is 1. The van der Waals surface area contributed by atoms with Crippen molar-refractivity contribution in [1.82, 2.24) is 4.90 Å². The number of hydrogen-bond acceptors (Lipinski definition) is 4. The number of phenols is 1. The van der Waals surface area contributed by atoms with Gasteiger partial charge in [0.15, 0.2) is 0 Å². The monoisotopic (exact) mass is 417 g/mol. The highest BCUT2D eigenvalue weighted by molar-refractivity contribution is 5.75. The zero-order chi connectivity index (χ0) is 22.2. The molecule has 0 fully saturated rings. The van der Waals surface area contributed by atoms with Crippen LogP contribution in [-0.2, 0) is 0 Å². The molecule has 0 saturated heterocycles. The van der Waals surface area contributed by atoms with Gasteiger partial charge >= 0.3 is 0 Å². The minimum Gasteiger partial charge on any atom is -0.508 e. The van der Waals surface area contributed by atoms with Crippen molar-refractivity contribution in [3.8, 4) is 17.2 Å². The van der Waals surface area contributed by atoms with Crippen LogP contribution in [0, 0.1) is 0 Å². The van der Waals surface area contributed by atoms with E-state index >= 15 is 0 Å². The van der Waals surface area contributed by atoms with Crippen LogP contribution in [0.3, 0.4) is 0 Å². The minimum atomic E-state index is -0.0266. The number of hydrogen-bond donors (Lipinski definition) is 1. The molecule has 0 aromatic heterocycles. The van der Waals surface area contributed by atoms with Gasteiger partial charge in [0, 0.05) is 12.5 Å². The average molecular weight is 418 g/mol. The molecule has 1 N–H and O–H groups in total. The fraction of sp³-hybridized carbons (Fsp3) is 0.259. The van der Waals surface area contributed by atoms with Crippen molar-refractivity contribution in [1.29, 1.82) is 0 Å². The molecule has 0 heterocycles. The van der Waals surface area contributed by atoms with Crippen molar-refractivity contribution >= 4 is 5.57 Å². The molecule has 0 amide bonds. The van der Waals surface area contributed by atoms with Gasteiger partial charge in [-0.1, -0.05) is 42.5 Å². The minimum absolute atomic E-state index is 0.0266. The van der Waals surface area contributed by atoms with Crippen molar-refractivity contribution < 1.29 is 14.6 Å². The van der Waals surface area contributed by atoms with Crippen molar-refractivity contribution in [2.24, 2.45) is 0 Å². The van der Waals surface area contributed by atoms with E-state index in [-0.39, 0.29) is 11.7 Å². The Morgan fingerprint density at radius 1 is 0.935 bits per heavy atom. The smallest absolute Gasteiger partial charge is 0.119 e. The van der Waals surface area contributed by atoms with E-state index in [0.717, 1.165) is 40.3 Å². The molecule has 0 spiro atoms. The molecule has 3 rings (SSSR count). The zero-order valence-corrected chi connectivity index (χ0v) is 18.7. The summed E-state index contributed by atoms with van der Waals surface area (Å²) in [7, 11) is 5.73. The SMILES string of the molecule is C/C=C(\c1ccc(OC)cc1)C(c1ccc(OCCN(C)C)cc1)c1cccc(O)c1. The Bertz CT molecular complexity index is 992. The lowest BCUT2D eigenvalue weighted by Gasteiger charge is -2.23. The Balaban J connectivity index is 1.96. The predicted molar refractivity (Wildman–Crippen MR) is 127 cm³/mol. The van der Waals surface area contributed by atoms with E-state index in [2.05, 4.69) is 41.3 Å². The number of nitrogens with zero attached hydrogens (tertiary/aromatic N) is 1. The lowest BCUT2D eigenvalue weighted by atomic mass is 9.81. The highest BCUT2D eigenvalue weighted by Crippen LogP contribution is 2.39. The number of benzene rings is 3. The third-order valence-corrected chi connectivity index (χ3v) is 5.27. The summed E-state index contributed by atoms with van der Waals surface area (Å²) in [6.45, 7) is 3.57. The Hall–Kier alpha value is -3.24. The maximum Gasteiger partial charge on any atom is 0.119 e. The maximum atomic E-state index is 10.1. The molecule has 0 radical (unpaired) electrons. The summed E-state index contributed by atoms with van der Waals surface area (Å²) in [5.74, 6) is 1.91. The summed E-state index contributed by atoms with van der Waals surface area (Å²) in [4.78, 5) is 2.10. The normalized spacial score (nSPS) is 12.6. The molecule has 3 aromatic rings. The fourth-order valence-corrected chi connectivity index (χ4v) is 3.64. The first-order valence-electron chi connectivity index (χ1n) is 10.5. The van der Waals surface area contributed by atoms with Crippen LogP contribution >= 0.6 is 0 Å². The van der Waals surface area contributed by atoms with Crippen molar-refractivity contribution in [3.63, 3.8) is 0 Å². The van der Waals surface area contributed by atoms with Gasteiger partial charge < -0.3 is 19.5 Å². The van der Waals surface area contributed by atoms with Crippen molar-refractivity contribution in [3.05, 3.63) is 95.6 Å². The number of methoxy groups -OCH3 is 1. The van der Waals surface area contributed by atoms with Crippen LogP contribution in [-0.4, -0.2) is 44.4 Å². The van der Waals surface area contributed by atoms with Crippen LogP contribution < -0.4 is 9.47 Å². The van der Waals surface area contributed by atoms with Gasteiger partial charge in [0.2, 0.25) is 0 Å². The second kappa shape index (κ2) is 10.7. The molecular weight excluding hydrogens is 386 g/mol. The van der Waals surface area contributed by atoms with E-state index in [0.29, 0.717) is 6.61 Å². The predicted octanol–water partition coefficient (Wildman–Crippen LogP) is 5.58. The van der Waals surface area contributed by atoms with Crippen LogP contribution in [0.25, 0.3) is 5.57 Å². The summed E-state index contributed by atoms with van der Waals surface area (Å²) >= 11 is 0. The van der Waals surface area contributed by atoms with Crippen LogP contribution in [0.15, 0.2) is 78.9 Å². The average Bonchev–Trinajstić information content (AvgIpc) is 2.78. The molecule has 0 bridgehead atoms. The van der Waals surface area contributed by atoms with Crippen LogP contribution in [0.2, 0.25) is 0 Å². The molecule has 0 aliphatic carbocycles. The van der Waals surface area contributed by atoms with Crippen LogP contribution in [0.4, 0.5) is 0 Å². The van der Waals surface area contributed by atoms with E-state index in [1.165, 1.54) is 0 Å². The molecule has 0 saturated carbocycles.